The second-order valence-corrected chi connectivity index (χ2v) is 6.88. The number of H-pyrrole nitrogens is 1. The Morgan fingerprint density at radius 3 is 2.78 bits per heavy atom. The molecule has 0 saturated carbocycles. The quantitative estimate of drug-likeness (QED) is 0.913. The molecule has 0 spiro atoms. The molecule has 0 aliphatic carbocycles. The average molecular weight is 309 g/mol. The van der Waals surface area contributed by atoms with Crippen LogP contribution in [-0.2, 0) is 11.2 Å². The third-order valence-corrected chi connectivity index (χ3v) is 4.11. The van der Waals surface area contributed by atoms with Gasteiger partial charge in [-0.2, -0.15) is 0 Å². The van der Waals surface area contributed by atoms with Gasteiger partial charge in [-0.25, -0.2) is 0 Å². The number of aromatic amines is 1. The molecule has 23 heavy (non-hydrogen) atoms. The van der Waals surface area contributed by atoms with Crippen molar-refractivity contribution in [2.45, 2.75) is 32.7 Å². The van der Waals surface area contributed by atoms with Crippen molar-refractivity contribution in [2.75, 3.05) is 6.54 Å². The Labute approximate surface area is 136 Å². The molecule has 1 aromatic carbocycles. The first kappa shape index (κ1) is 15.4. The largest absolute Gasteiger partial charge is 0.369 e. The van der Waals surface area contributed by atoms with E-state index in [-0.39, 0.29) is 11.4 Å². The van der Waals surface area contributed by atoms with Crippen LogP contribution in [0.25, 0.3) is 10.9 Å². The summed E-state index contributed by atoms with van der Waals surface area (Å²) in [5.41, 5.74) is 3.05. The van der Waals surface area contributed by atoms with Crippen molar-refractivity contribution in [3.63, 3.8) is 0 Å². The molecule has 1 aliphatic rings. The molecule has 4 heteroatoms. The Balaban J connectivity index is 1.63. The number of nitrogens with zero attached hydrogens (tertiary/aromatic N) is 1. The van der Waals surface area contributed by atoms with Gasteiger partial charge < -0.3 is 15.2 Å². The van der Waals surface area contributed by atoms with Gasteiger partial charge in [-0.1, -0.05) is 18.2 Å². The monoisotopic (exact) mass is 309 g/mol. The first-order valence-electron chi connectivity index (χ1n) is 7.93. The highest BCUT2D eigenvalue weighted by molar-refractivity contribution is 5.89. The molecule has 0 unspecified atom stereocenters. The number of fused-ring (bicyclic) bond motifs is 1. The second-order valence-electron chi connectivity index (χ2n) is 6.88. The van der Waals surface area contributed by atoms with Crippen LogP contribution in [0.5, 0.6) is 0 Å². The highest BCUT2D eigenvalue weighted by Gasteiger charge is 2.19. The van der Waals surface area contributed by atoms with Crippen molar-refractivity contribution < 1.29 is 4.79 Å². The standard InChI is InChI=1S/C19H23N3O/c1-19(2,3)22-10-8-15(9-11-22)21-18(23)12-14-13-20-17-7-5-4-6-16(14)17/h4-10,13,20H,11-12H2,1-3H3,(H,21,23). The van der Waals surface area contributed by atoms with E-state index in [4.69, 9.17) is 0 Å². The van der Waals surface area contributed by atoms with Crippen molar-refractivity contribution in [3.05, 3.63) is 60.1 Å². The molecule has 0 saturated heterocycles. The Morgan fingerprint density at radius 1 is 1.30 bits per heavy atom. The Hall–Kier alpha value is -2.49. The van der Waals surface area contributed by atoms with Gasteiger partial charge in [-0.3, -0.25) is 4.79 Å². The molecule has 1 aliphatic heterocycles. The van der Waals surface area contributed by atoms with E-state index in [2.05, 4.69) is 42.0 Å². The van der Waals surface area contributed by atoms with Crippen LogP contribution in [0, 0.1) is 0 Å². The van der Waals surface area contributed by atoms with Crippen LogP contribution < -0.4 is 5.32 Å². The summed E-state index contributed by atoms with van der Waals surface area (Å²) in [6.07, 6.45) is 8.34. The van der Waals surface area contributed by atoms with E-state index in [1.54, 1.807) is 0 Å². The molecule has 0 atom stereocenters. The zero-order chi connectivity index (χ0) is 16.4. The maximum absolute atomic E-state index is 12.3. The summed E-state index contributed by atoms with van der Waals surface area (Å²) in [6.45, 7) is 7.33. The van der Waals surface area contributed by atoms with Crippen molar-refractivity contribution >= 4 is 16.8 Å². The number of para-hydroxylation sites is 1. The fourth-order valence-electron chi connectivity index (χ4n) is 2.74. The number of hydrogen-bond donors (Lipinski definition) is 2. The number of carbonyl (C=O) groups is 1. The van der Waals surface area contributed by atoms with E-state index in [9.17, 15) is 4.79 Å². The lowest BCUT2D eigenvalue weighted by atomic mass is 10.1. The topological polar surface area (TPSA) is 48.1 Å². The smallest absolute Gasteiger partial charge is 0.228 e. The summed E-state index contributed by atoms with van der Waals surface area (Å²) in [5.74, 6) is 0.00913. The highest BCUT2D eigenvalue weighted by Crippen LogP contribution is 2.19. The number of allylic oxidation sites excluding steroid dienone is 1. The van der Waals surface area contributed by atoms with Gasteiger partial charge in [0.1, 0.15) is 0 Å². The number of carbonyl (C=O) groups excluding carboxylic acids is 1. The van der Waals surface area contributed by atoms with Gasteiger partial charge in [0, 0.05) is 41.1 Å². The van der Waals surface area contributed by atoms with E-state index >= 15 is 0 Å². The zero-order valence-electron chi connectivity index (χ0n) is 13.9. The number of amides is 1. The Bertz CT molecular complexity index is 777. The summed E-state index contributed by atoms with van der Waals surface area (Å²) in [6, 6.07) is 8.03. The molecule has 120 valence electrons. The van der Waals surface area contributed by atoms with Crippen LogP contribution in [0.2, 0.25) is 0 Å². The average Bonchev–Trinajstić information content (AvgIpc) is 2.90. The maximum atomic E-state index is 12.3. The molecular formula is C19H23N3O. The zero-order valence-corrected chi connectivity index (χ0v) is 13.9. The molecule has 1 amide bonds. The van der Waals surface area contributed by atoms with Crippen LogP contribution >= 0.6 is 0 Å². The maximum Gasteiger partial charge on any atom is 0.228 e. The number of rotatable bonds is 3. The van der Waals surface area contributed by atoms with Crippen molar-refractivity contribution in [3.8, 4) is 0 Å². The Kier molecular flexibility index (Phi) is 3.99. The number of hydrogen-bond acceptors (Lipinski definition) is 2. The number of aromatic nitrogens is 1. The predicted octanol–water partition coefficient (Wildman–Crippen LogP) is 3.34. The minimum absolute atomic E-state index is 0.00913. The van der Waals surface area contributed by atoms with Gasteiger partial charge in [0.25, 0.3) is 0 Å². The molecule has 2 N–H and O–H groups in total. The molecule has 2 aromatic rings. The van der Waals surface area contributed by atoms with Gasteiger partial charge in [0.15, 0.2) is 0 Å². The molecular weight excluding hydrogens is 286 g/mol. The van der Waals surface area contributed by atoms with Gasteiger partial charge in [-0.05, 0) is 44.6 Å². The fraction of sp³-hybridized carbons (Fsp3) is 0.316. The number of nitrogens with one attached hydrogen (secondary N) is 2. The van der Waals surface area contributed by atoms with Gasteiger partial charge in [0.2, 0.25) is 5.91 Å². The Morgan fingerprint density at radius 2 is 2.09 bits per heavy atom. The van der Waals surface area contributed by atoms with E-state index in [0.717, 1.165) is 28.7 Å². The minimum Gasteiger partial charge on any atom is -0.369 e. The van der Waals surface area contributed by atoms with E-state index in [1.165, 1.54) is 0 Å². The summed E-state index contributed by atoms with van der Waals surface area (Å²) in [7, 11) is 0. The second kappa shape index (κ2) is 5.95. The van der Waals surface area contributed by atoms with Crippen molar-refractivity contribution in [2.24, 2.45) is 0 Å². The summed E-state index contributed by atoms with van der Waals surface area (Å²) in [4.78, 5) is 17.7. The van der Waals surface area contributed by atoms with Gasteiger partial charge in [0.05, 0.1) is 6.42 Å². The lowest BCUT2D eigenvalue weighted by Gasteiger charge is -2.35. The molecule has 1 aromatic heterocycles. The first-order valence-corrected chi connectivity index (χ1v) is 7.93. The molecule has 2 heterocycles. The third kappa shape index (κ3) is 3.47. The van der Waals surface area contributed by atoms with Crippen LogP contribution in [0.3, 0.4) is 0 Å². The summed E-state index contributed by atoms with van der Waals surface area (Å²) < 4.78 is 0. The first-order chi connectivity index (χ1) is 10.9. The molecule has 0 bridgehead atoms. The van der Waals surface area contributed by atoms with Crippen LogP contribution in [0.1, 0.15) is 26.3 Å². The van der Waals surface area contributed by atoms with Crippen LogP contribution in [-0.4, -0.2) is 27.9 Å². The van der Waals surface area contributed by atoms with Gasteiger partial charge in [-0.15, -0.1) is 0 Å². The van der Waals surface area contributed by atoms with E-state index < -0.39 is 0 Å². The van der Waals surface area contributed by atoms with Crippen molar-refractivity contribution in [1.82, 2.24) is 15.2 Å². The lowest BCUT2D eigenvalue weighted by Crippen LogP contribution is -2.39. The van der Waals surface area contributed by atoms with Crippen LogP contribution in [0.4, 0.5) is 0 Å². The molecule has 3 rings (SSSR count). The third-order valence-electron chi connectivity index (χ3n) is 4.11. The highest BCUT2D eigenvalue weighted by atomic mass is 16.1. The fourth-order valence-corrected chi connectivity index (χ4v) is 2.74. The minimum atomic E-state index is 0.00913. The lowest BCUT2D eigenvalue weighted by molar-refractivity contribution is -0.119. The van der Waals surface area contributed by atoms with Crippen molar-refractivity contribution in [1.29, 1.82) is 0 Å². The summed E-state index contributed by atoms with van der Waals surface area (Å²) in [5, 5.41) is 4.09. The normalized spacial score (nSPS) is 14.9. The molecule has 0 radical (unpaired) electrons. The van der Waals surface area contributed by atoms with E-state index in [0.29, 0.717) is 6.42 Å². The van der Waals surface area contributed by atoms with Gasteiger partial charge >= 0.3 is 0 Å². The molecule has 0 fully saturated rings. The van der Waals surface area contributed by atoms with Crippen LogP contribution in [0.15, 0.2) is 54.5 Å². The predicted molar refractivity (Wildman–Crippen MR) is 93.8 cm³/mol. The number of benzene rings is 1. The summed E-state index contributed by atoms with van der Waals surface area (Å²) >= 11 is 0. The SMILES string of the molecule is CC(C)(C)N1C=CC(NC(=O)Cc2c[nH]c3ccccc23)=CC1. The van der Waals surface area contributed by atoms with E-state index in [1.807, 2.05) is 42.7 Å². The molecule has 4 nitrogen and oxygen atoms in total.